The number of carbonyl (C=O) groups excluding carboxylic acids is 1. The first-order valence-corrected chi connectivity index (χ1v) is 8.12. The maximum absolute atomic E-state index is 12.3. The highest BCUT2D eigenvalue weighted by atomic mass is 35.5. The van der Waals surface area contributed by atoms with E-state index in [1.807, 2.05) is 6.92 Å². The Morgan fingerprint density at radius 3 is 2.87 bits per heavy atom. The molecular weight excluding hydrogens is 320 g/mol. The molecule has 0 spiro atoms. The standard InChI is InChI=1S/C16H21ClN2O4/c1-2-3-7-18(9-10-20)15(21)6-8-19-13-5-4-12(17)11-14(13)23-16(19)22/h4-5,11,20H,2-3,6-10H2,1H3. The molecule has 23 heavy (non-hydrogen) atoms. The van der Waals surface area contributed by atoms with Crippen LogP contribution in [0.2, 0.25) is 5.02 Å². The second-order valence-corrected chi connectivity index (χ2v) is 5.78. The van der Waals surface area contributed by atoms with E-state index in [-0.39, 0.29) is 25.5 Å². The third kappa shape index (κ3) is 4.36. The minimum absolute atomic E-state index is 0.0669. The fourth-order valence-corrected chi connectivity index (χ4v) is 2.61. The highest BCUT2D eigenvalue weighted by Gasteiger charge is 2.15. The topological polar surface area (TPSA) is 75.7 Å². The van der Waals surface area contributed by atoms with Gasteiger partial charge in [-0.25, -0.2) is 4.79 Å². The van der Waals surface area contributed by atoms with Crippen molar-refractivity contribution in [3.8, 4) is 0 Å². The van der Waals surface area contributed by atoms with E-state index in [0.717, 1.165) is 12.8 Å². The van der Waals surface area contributed by atoms with Gasteiger partial charge in [0, 0.05) is 37.1 Å². The summed E-state index contributed by atoms with van der Waals surface area (Å²) >= 11 is 5.88. The largest absolute Gasteiger partial charge is 0.419 e. The average Bonchev–Trinajstić information content (AvgIpc) is 2.83. The summed E-state index contributed by atoms with van der Waals surface area (Å²) in [4.78, 5) is 25.8. The first-order chi connectivity index (χ1) is 11.1. The number of aliphatic hydroxyl groups is 1. The number of aryl methyl sites for hydroxylation is 1. The van der Waals surface area contributed by atoms with Gasteiger partial charge in [0.15, 0.2) is 5.58 Å². The number of hydrogen-bond donors (Lipinski definition) is 1. The molecule has 2 aromatic rings. The number of oxazole rings is 1. The van der Waals surface area contributed by atoms with Crippen LogP contribution in [-0.2, 0) is 11.3 Å². The number of benzene rings is 1. The Morgan fingerprint density at radius 1 is 1.39 bits per heavy atom. The lowest BCUT2D eigenvalue weighted by Gasteiger charge is -2.21. The normalized spacial score (nSPS) is 11.1. The Morgan fingerprint density at radius 2 is 2.17 bits per heavy atom. The monoisotopic (exact) mass is 340 g/mol. The van der Waals surface area contributed by atoms with Crippen LogP contribution in [0.1, 0.15) is 26.2 Å². The van der Waals surface area contributed by atoms with Gasteiger partial charge in [-0.1, -0.05) is 24.9 Å². The molecule has 0 saturated heterocycles. The van der Waals surface area contributed by atoms with Gasteiger partial charge in [-0.15, -0.1) is 0 Å². The minimum Gasteiger partial charge on any atom is -0.408 e. The summed E-state index contributed by atoms with van der Waals surface area (Å²) in [7, 11) is 0. The predicted octanol–water partition coefficient (Wildman–Crippen LogP) is 2.26. The summed E-state index contributed by atoms with van der Waals surface area (Å²) in [5, 5.41) is 9.56. The predicted molar refractivity (Wildman–Crippen MR) is 88.7 cm³/mol. The Bertz CT molecular complexity index is 722. The lowest BCUT2D eigenvalue weighted by molar-refractivity contribution is -0.132. The molecule has 0 bridgehead atoms. The molecule has 126 valence electrons. The maximum Gasteiger partial charge on any atom is 0.419 e. The molecule has 1 aromatic carbocycles. The molecule has 1 N–H and O–H groups in total. The molecule has 0 saturated carbocycles. The zero-order chi connectivity index (χ0) is 16.8. The summed E-state index contributed by atoms with van der Waals surface area (Å²) in [5.41, 5.74) is 1.03. The summed E-state index contributed by atoms with van der Waals surface area (Å²) in [6.07, 6.45) is 2.04. The van der Waals surface area contributed by atoms with E-state index in [1.165, 1.54) is 4.57 Å². The first-order valence-electron chi connectivity index (χ1n) is 7.74. The molecule has 0 aliphatic heterocycles. The lowest BCUT2D eigenvalue weighted by Crippen LogP contribution is -2.35. The zero-order valence-electron chi connectivity index (χ0n) is 13.1. The molecule has 7 heteroatoms. The van der Waals surface area contributed by atoms with Crippen molar-refractivity contribution in [3.05, 3.63) is 33.8 Å². The second-order valence-electron chi connectivity index (χ2n) is 5.34. The van der Waals surface area contributed by atoms with Gasteiger partial charge in [-0.2, -0.15) is 0 Å². The number of unbranched alkanes of at least 4 members (excludes halogenated alkanes) is 1. The van der Waals surface area contributed by atoms with Gasteiger partial charge in [0.1, 0.15) is 0 Å². The number of aliphatic hydroxyl groups excluding tert-OH is 1. The van der Waals surface area contributed by atoms with E-state index >= 15 is 0 Å². The van der Waals surface area contributed by atoms with Gasteiger partial charge in [0.25, 0.3) is 0 Å². The summed E-state index contributed by atoms with van der Waals surface area (Å²) in [5.74, 6) is -0.583. The molecule has 0 atom stereocenters. The minimum atomic E-state index is -0.502. The van der Waals surface area contributed by atoms with Crippen LogP contribution in [-0.4, -0.2) is 40.2 Å². The number of rotatable bonds is 8. The van der Waals surface area contributed by atoms with Gasteiger partial charge in [-0.05, 0) is 18.6 Å². The van der Waals surface area contributed by atoms with Gasteiger partial charge < -0.3 is 14.4 Å². The maximum atomic E-state index is 12.3. The first kappa shape index (κ1) is 17.6. The van der Waals surface area contributed by atoms with Crippen LogP contribution in [0.5, 0.6) is 0 Å². The lowest BCUT2D eigenvalue weighted by atomic mass is 10.2. The van der Waals surface area contributed by atoms with Gasteiger partial charge in [-0.3, -0.25) is 9.36 Å². The molecule has 1 aromatic heterocycles. The van der Waals surface area contributed by atoms with Crippen LogP contribution in [0.25, 0.3) is 11.1 Å². The Balaban J connectivity index is 2.09. The molecule has 0 fully saturated rings. The number of nitrogens with zero attached hydrogens (tertiary/aromatic N) is 2. The number of fused-ring (bicyclic) bond motifs is 1. The van der Waals surface area contributed by atoms with Crippen molar-refractivity contribution < 1.29 is 14.3 Å². The number of halogens is 1. The molecule has 0 radical (unpaired) electrons. The molecule has 1 heterocycles. The van der Waals surface area contributed by atoms with Crippen LogP contribution in [0.15, 0.2) is 27.4 Å². The van der Waals surface area contributed by atoms with Crippen molar-refractivity contribution in [3.63, 3.8) is 0 Å². The fraction of sp³-hybridized carbons (Fsp3) is 0.500. The van der Waals surface area contributed by atoms with E-state index in [0.29, 0.717) is 29.2 Å². The van der Waals surface area contributed by atoms with Crippen molar-refractivity contribution in [2.75, 3.05) is 19.7 Å². The number of hydrogen-bond acceptors (Lipinski definition) is 4. The Labute approximate surface area is 139 Å². The van der Waals surface area contributed by atoms with Gasteiger partial charge in [0.2, 0.25) is 5.91 Å². The zero-order valence-corrected chi connectivity index (χ0v) is 13.9. The number of carbonyl (C=O) groups is 1. The number of amides is 1. The Kier molecular flexibility index (Phi) is 6.24. The summed E-state index contributed by atoms with van der Waals surface area (Å²) < 4.78 is 6.57. The summed E-state index contributed by atoms with van der Waals surface area (Å²) in [6.45, 7) is 3.15. The fourth-order valence-electron chi connectivity index (χ4n) is 2.45. The molecule has 1 amide bonds. The van der Waals surface area contributed by atoms with Crippen molar-refractivity contribution in [2.45, 2.75) is 32.7 Å². The molecule has 0 aliphatic carbocycles. The van der Waals surface area contributed by atoms with Gasteiger partial charge >= 0.3 is 5.76 Å². The van der Waals surface area contributed by atoms with Crippen LogP contribution in [0, 0.1) is 0 Å². The molecule has 0 aliphatic rings. The van der Waals surface area contributed by atoms with E-state index < -0.39 is 5.76 Å². The SMILES string of the molecule is CCCCN(CCO)C(=O)CCn1c(=O)oc2cc(Cl)ccc21. The molecule has 2 rings (SSSR count). The van der Waals surface area contributed by atoms with Crippen LogP contribution in [0.4, 0.5) is 0 Å². The second kappa shape index (κ2) is 8.17. The molecular formula is C16H21ClN2O4. The van der Waals surface area contributed by atoms with Crippen LogP contribution in [0.3, 0.4) is 0 Å². The van der Waals surface area contributed by atoms with Crippen LogP contribution < -0.4 is 5.76 Å². The van der Waals surface area contributed by atoms with Crippen molar-refractivity contribution >= 4 is 28.6 Å². The van der Waals surface area contributed by atoms with Crippen molar-refractivity contribution in [2.24, 2.45) is 0 Å². The molecule has 0 unspecified atom stereocenters. The van der Waals surface area contributed by atoms with Crippen molar-refractivity contribution in [1.82, 2.24) is 9.47 Å². The van der Waals surface area contributed by atoms with Gasteiger partial charge in [0.05, 0.1) is 12.1 Å². The summed E-state index contributed by atoms with van der Waals surface area (Å²) in [6, 6.07) is 4.96. The molecule has 6 nitrogen and oxygen atoms in total. The van der Waals surface area contributed by atoms with E-state index in [1.54, 1.807) is 23.1 Å². The number of aromatic nitrogens is 1. The van der Waals surface area contributed by atoms with Crippen LogP contribution >= 0.6 is 11.6 Å². The highest BCUT2D eigenvalue weighted by molar-refractivity contribution is 6.31. The van der Waals surface area contributed by atoms with E-state index in [9.17, 15) is 9.59 Å². The Hall–Kier alpha value is -1.79. The third-order valence-electron chi connectivity index (χ3n) is 3.68. The van der Waals surface area contributed by atoms with E-state index in [2.05, 4.69) is 0 Å². The van der Waals surface area contributed by atoms with E-state index in [4.69, 9.17) is 21.1 Å². The quantitative estimate of drug-likeness (QED) is 0.799. The van der Waals surface area contributed by atoms with Crippen molar-refractivity contribution in [1.29, 1.82) is 0 Å². The smallest absolute Gasteiger partial charge is 0.408 e. The third-order valence-corrected chi connectivity index (χ3v) is 3.92. The average molecular weight is 341 g/mol. The highest BCUT2D eigenvalue weighted by Crippen LogP contribution is 2.18.